The van der Waals surface area contributed by atoms with Crippen molar-refractivity contribution in [2.45, 2.75) is 25.7 Å². The van der Waals surface area contributed by atoms with Crippen LogP contribution in [0.1, 0.15) is 24.0 Å². The Morgan fingerprint density at radius 2 is 1.74 bits per heavy atom. The summed E-state index contributed by atoms with van der Waals surface area (Å²) in [6.07, 6.45) is 3.89. The van der Waals surface area contributed by atoms with E-state index in [0.29, 0.717) is 31.2 Å². The zero-order valence-electron chi connectivity index (χ0n) is 16.9. The van der Waals surface area contributed by atoms with Crippen molar-refractivity contribution in [1.29, 1.82) is 0 Å². The Labute approximate surface area is 230 Å². The van der Waals surface area contributed by atoms with Gasteiger partial charge in [0.2, 0.25) is 0 Å². The molecule has 2 heterocycles. The van der Waals surface area contributed by atoms with Gasteiger partial charge in [-0.15, -0.1) is 11.3 Å². The van der Waals surface area contributed by atoms with E-state index < -0.39 is 5.56 Å². The number of pyridine rings is 1. The molecule has 0 aliphatic heterocycles. The Bertz CT molecular complexity index is 1320. The Morgan fingerprint density at radius 1 is 1.03 bits per heavy atom. The molecule has 4 N–H and O–H groups in total. The molecular formula is C23H19ClKNO4S. The maximum Gasteiger partial charge on any atom is 1.00 e. The Hall–Kier alpha value is -1.16. The van der Waals surface area contributed by atoms with E-state index in [1.165, 1.54) is 0 Å². The predicted octanol–water partition coefficient (Wildman–Crippen LogP) is 1.41. The largest absolute Gasteiger partial charge is 1.00 e. The average molecular weight is 480 g/mol. The van der Waals surface area contributed by atoms with Crippen LogP contribution in [0.5, 0.6) is 11.5 Å². The van der Waals surface area contributed by atoms with Crippen LogP contribution >= 0.6 is 22.9 Å². The molecule has 8 heteroatoms. The van der Waals surface area contributed by atoms with Crippen LogP contribution in [0.4, 0.5) is 0 Å². The molecule has 0 spiro atoms. The number of aryl methyl sites for hydroxylation is 1. The van der Waals surface area contributed by atoms with E-state index in [1.54, 1.807) is 24.3 Å². The summed E-state index contributed by atoms with van der Waals surface area (Å²) in [5, 5.41) is 24.7. The van der Waals surface area contributed by atoms with Crippen molar-refractivity contribution < 1.29 is 67.1 Å². The average Bonchev–Trinajstić information content (AvgIpc) is 3.05. The number of rotatable bonds is 2. The second-order valence-electron chi connectivity index (χ2n) is 7.29. The molecule has 0 radical (unpaired) electrons. The Balaban J connectivity index is 0.00000136. The Kier molecular flexibility index (Phi) is 7.71. The van der Waals surface area contributed by atoms with Crippen LogP contribution < -0.4 is 62.1 Å². The Morgan fingerprint density at radius 3 is 2.48 bits per heavy atom. The van der Waals surface area contributed by atoms with Crippen molar-refractivity contribution in [1.82, 2.24) is 4.98 Å². The van der Waals surface area contributed by atoms with Gasteiger partial charge in [0, 0.05) is 22.1 Å². The van der Waals surface area contributed by atoms with Gasteiger partial charge in [-0.2, -0.15) is 0 Å². The first-order valence-electron chi connectivity index (χ1n) is 9.51. The van der Waals surface area contributed by atoms with Crippen LogP contribution in [-0.4, -0.2) is 15.6 Å². The second kappa shape index (κ2) is 9.76. The van der Waals surface area contributed by atoms with Crippen molar-refractivity contribution in [3.05, 3.63) is 68.3 Å². The molecule has 5 rings (SSSR count). The summed E-state index contributed by atoms with van der Waals surface area (Å²) in [4.78, 5) is 15.9. The molecule has 4 aromatic rings. The van der Waals surface area contributed by atoms with Gasteiger partial charge < -0.3 is 20.7 Å². The molecule has 31 heavy (non-hydrogen) atoms. The number of hydrogen-bond donors (Lipinski definition) is 2. The number of benzene rings is 2. The first-order valence-corrected chi connectivity index (χ1v) is 10.7. The second-order valence-corrected chi connectivity index (χ2v) is 8.91. The van der Waals surface area contributed by atoms with Crippen molar-refractivity contribution in [3.8, 4) is 33.8 Å². The van der Waals surface area contributed by atoms with Crippen LogP contribution in [0, 0.1) is 0 Å². The van der Waals surface area contributed by atoms with Gasteiger partial charge in [-0.05, 0) is 42.4 Å². The first kappa shape index (κ1) is 24.5. The molecule has 2 aromatic heterocycles. The monoisotopic (exact) mass is 479 g/mol. The van der Waals surface area contributed by atoms with Crippen LogP contribution in [0.2, 0.25) is 4.34 Å². The first-order chi connectivity index (χ1) is 14.1. The number of hydrogen-bond acceptors (Lipinski definition) is 4. The number of aromatic amines is 1. The molecule has 0 saturated heterocycles. The molecule has 0 saturated carbocycles. The topological polar surface area (TPSA) is 108 Å². The summed E-state index contributed by atoms with van der Waals surface area (Å²) in [7, 11) is 0. The van der Waals surface area contributed by atoms with E-state index in [1.807, 2.05) is 18.2 Å². The zero-order valence-corrected chi connectivity index (χ0v) is 21.6. The number of H-pyrrole nitrogens is 1. The van der Waals surface area contributed by atoms with Gasteiger partial charge in [0.05, 0.1) is 0 Å². The molecular weight excluding hydrogens is 461 g/mol. The number of phenolic OH excluding ortho intramolecular Hbond substituents is 1. The van der Waals surface area contributed by atoms with E-state index in [9.17, 15) is 15.0 Å². The molecule has 5 nitrogen and oxygen atoms in total. The van der Waals surface area contributed by atoms with Gasteiger partial charge in [-0.1, -0.05) is 59.8 Å². The van der Waals surface area contributed by atoms with Gasteiger partial charge in [-0.3, -0.25) is 4.79 Å². The number of nitrogens with one attached hydrogen (secondary N) is 1. The maximum atomic E-state index is 13.4. The van der Waals surface area contributed by atoms with Crippen LogP contribution in [0.3, 0.4) is 0 Å². The van der Waals surface area contributed by atoms with E-state index in [4.69, 9.17) is 11.6 Å². The molecule has 0 atom stereocenters. The van der Waals surface area contributed by atoms with E-state index >= 15 is 0 Å². The van der Waals surface area contributed by atoms with Crippen molar-refractivity contribution in [3.63, 3.8) is 0 Å². The van der Waals surface area contributed by atoms with Crippen molar-refractivity contribution in [2.75, 3.05) is 0 Å². The fraction of sp³-hybridized carbons (Fsp3) is 0.174. The van der Waals surface area contributed by atoms with Crippen molar-refractivity contribution >= 4 is 33.2 Å². The summed E-state index contributed by atoms with van der Waals surface area (Å²) >= 11 is 7.68. The number of halogens is 1. The van der Waals surface area contributed by atoms with Gasteiger partial charge in [0.1, 0.15) is 14.9 Å². The smallest absolute Gasteiger partial charge is 0.871 e. The van der Waals surface area contributed by atoms with Gasteiger partial charge in [-0.25, -0.2) is 0 Å². The molecule has 0 amide bonds. The number of thiophene rings is 1. The molecule has 0 unspecified atom stereocenters. The number of phenols is 1. The SMILES string of the molecule is O.O=c1[nH]c2sc(Cl)c(-c3ccc4c(c3O)CCCC4)c2c([O-])c1-c1ccccc1.[K+]. The standard InChI is InChI=1S/C23H18ClNO3S.K.H2O/c24-21-17(15-11-10-12-6-4-5-9-14(12)19(15)26)18-20(27)16(13-7-2-1-3-8-13)22(28)25-23(18)29-21;;/h1-3,7-8,10-11,26H,4-6,9H2,(H2,25,27,28);;1H2/q;+1;/p-1. The normalized spacial score (nSPS) is 12.7. The van der Waals surface area contributed by atoms with Gasteiger partial charge in [0.25, 0.3) is 5.56 Å². The van der Waals surface area contributed by atoms with Gasteiger partial charge in [0.15, 0.2) is 0 Å². The van der Waals surface area contributed by atoms with Crippen LogP contribution in [-0.2, 0) is 12.8 Å². The predicted molar refractivity (Wildman–Crippen MR) is 120 cm³/mol. The van der Waals surface area contributed by atoms with Crippen molar-refractivity contribution in [2.24, 2.45) is 0 Å². The molecule has 0 bridgehead atoms. The fourth-order valence-corrected chi connectivity index (χ4v) is 5.58. The minimum Gasteiger partial charge on any atom is -0.871 e. The van der Waals surface area contributed by atoms with E-state index in [0.717, 1.165) is 48.1 Å². The molecule has 0 fully saturated rings. The summed E-state index contributed by atoms with van der Waals surface area (Å²) < 4.78 is 0.379. The molecule has 1 aliphatic carbocycles. The summed E-state index contributed by atoms with van der Waals surface area (Å²) in [6, 6.07) is 12.7. The molecule has 154 valence electrons. The number of aromatic nitrogens is 1. The summed E-state index contributed by atoms with van der Waals surface area (Å²) in [5.41, 5.74) is 3.34. The zero-order chi connectivity index (χ0) is 20.1. The quantitative estimate of drug-likeness (QED) is 0.424. The van der Waals surface area contributed by atoms with E-state index in [2.05, 4.69) is 4.98 Å². The van der Waals surface area contributed by atoms with Crippen LogP contribution in [0.25, 0.3) is 32.5 Å². The third-order valence-electron chi connectivity index (χ3n) is 5.61. The summed E-state index contributed by atoms with van der Waals surface area (Å²) in [5.74, 6) is -0.180. The third kappa shape index (κ3) is 4.14. The minimum absolute atomic E-state index is 0. The molecule has 2 aromatic carbocycles. The fourth-order valence-electron chi connectivity index (χ4n) is 4.22. The third-order valence-corrected chi connectivity index (χ3v) is 6.92. The number of fused-ring (bicyclic) bond motifs is 2. The van der Waals surface area contributed by atoms with Gasteiger partial charge >= 0.3 is 51.4 Å². The minimum atomic E-state index is -0.437. The van der Waals surface area contributed by atoms with E-state index in [-0.39, 0.29) is 73.9 Å². The maximum absolute atomic E-state index is 13.4. The molecule has 1 aliphatic rings. The van der Waals surface area contributed by atoms with Crippen LogP contribution in [0.15, 0.2) is 47.3 Å². The summed E-state index contributed by atoms with van der Waals surface area (Å²) in [6.45, 7) is 0. The number of aromatic hydroxyl groups is 1.